The maximum atomic E-state index is 14.1. The number of hydrogen-bond donors (Lipinski definition) is 4. The summed E-state index contributed by atoms with van der Waals surface area (Å²) in [7, 11) is 2.99. The number of benzene rings is 3. The first kappa shape index (κ1) is 23.4. The molecule has 180 valence electrons. The van der Waals surface area contributed by atoms with Gasteiger partial charge in [0, 0.05) is 5.69 Å². The van der Waals surface area contributed by atoms with Crippen molar-refractivity contribution in [2.75, 3.05) is 25.3 Å². The first-order chi connectivity index (χ1) is 16.8. The molecule has 0 amide bonds. The zero-order chi connectivity index (χ0) is 25.1. The average Bonchev–Trinajstić information content (AvgIpc) is 3.25. The lowest BCUT2D eigenvalue weighted by molar-refractivity contribution is 0.0696. The fourth-order valence-corrected chi connectivity index (χ4v) is 3.60. The van der Waals surface area contributed by atoms with Crippen LogP contribution in [0.25, 0.3) is 5.69 Å². The third-order valence-electron chi connectivity index (χ3n) is 5.32. The van der Waals surface area contributed by atoms with Crippen LogP contribution in [0.2, 0.25) is 0 Å². The van der Waals surface area contributed by atoms with E-state index < -0.39 is 23.5 Å². The number of para-hydroxylation sites is 1. The third kappa shape index (κ3) is 4.64. The lowest BCUT2D eigenvalue weighted by atomic mass is 10.0. The molecule has 0 aliphatic heterocycles. The highest BCUT2D eigenvalue weighted by Crippen LogP contribution is 2.33. The van der Waals surface area contributed by atoms with E-state index in [1.165, 1.54) is 38.5 Å². The number of carboxylic acids is 1. The van der Waals surface area contributed by atoms with Crippen molar-refractivity contribution in [3.05, 3.63) is 93.9 Å². The Bertz CT molecular complexity index is 1450. The minimum atomic E-state index is -1.20. The molecule has 1 heterocycles. The molecule has 3 aromatic carbocycles. The third-order valence-corrected chi connectivity index (χ3v) is 5.32. The van der Waals surface area contributed by atoms with Crippen molar-refractivity contribution < 1.29 is 23.8 Å². The van der Waals surface area contributed by atoms with Crippen LogP contribution in [0.1, 0.15) is 27.8 Å². The monoisotopic (exact) mass is 479 g/mol. The summed E-state index contributed by atoms with van der Waals surface area (Å²) in [6.07, 6.45) is 0. The van der Waals surface area contributed by atoms with Crippen LogP contribution in [0.4, 0.5) is 15.8 Å². The van der Waals surface area contributed by atoms with Gasteiger partial charge in [0.25, 0.3) is 0 Å². The molecule has 0 spiro atoms. The van der Waals surface area contributed by atoms with Crippen LogP contribution in [0.3, 0.4) is 0 Å². The largest absolute Gasteiger partial charge is 0.493 e. The van der Waals surface area contributed by atoms with Gasteiger partial charge in [-0.25, -0.2) is 14.0 Å². The molecule has 1 atom stereocenters. The number of H-pyrrole nitrogens is 1. The highest BCUT2D eigenvalue weighted by atomic mass is 19.1. The maximum Gasteiger partial charge on any atom is 0.348 e. The predicted octanol–water partition coefficient (Wildman–Crippen LogP) is 3.20. The number of carboxylic acid groups (broad SMARTS) is 1. The number of halogens is 1. The lowest BCUT2D eigenvalue weighted by Gasteiger charge is -2.20. The zero-order valence-electron chi connectivity index (χ0n) is 18.8. The molecular formula is C24H22FN5O5. The fourth-order valence-electron chi connectivity index (χ4n) is 3.60. The van der Waals surface area contributed by atoms with E-state index in [9.17, 15) is 19.1 Å². The number of nitrogens with zero attached hydrogens (tertiary/aromatic N) is 2. The highest BCUT2D eigenvalue weighted by molar-refractivity contribution is 5.91. The number of nitrogens with one attached hydrogen (secondary N) is 2. The van der Waals surface area contributed by atoms with Crippen molar-refractivity contribution in [1.29, 1.82) is 0 Å². The van der Waals surface area contributed by atoms with E-state index in [-0.39, 0.29) is 22.8 Å². The van der Waals surface area contributed by atoms with Gasteiger partial charge in [-0.2, -0.15) is 4.68 Å². The number of aromatic nitrogens is 3. The van der Waals surface area contributed by atoms with Gasteiger partial charge < -0.3 is 25.6 Å². The van der Waals surface area contributed by atoms with Gasteiger partial charge in [0.2, 0.25) is 0 Å². The molecule has 0 aliphatic rings. The van der Waals surface area contributed by atoms with Crippen molar-refractivity contribution in [2.24, 2.45) is 0 Å². The molecule has 0 fully saturated rings. The lowest BCUT2D eigenvalue weighted by Crippen LogP contribution is -2.18. The van der Waals surface area contributed by atoms with E-state index >= 15 is 0 Å². The molecule has 0 bridgehead atoms. The minimum absolute atomic E-state index is 0.0128. The minimum Gasteiger partial charge on any atom is -0.493 e. The fraction of sp³-hybridized carbons (Fsp3) is 0.125. The number of methoxy groups -OCH3 is 2. The number of ether oxygens (including phenoxy) is 2. The number of carbonyl (C=O) groups is 1. The molecule has 4 rings (SSSR count). The highest BCUT2D eigenvalue weighted by Gasteiger charge is 2.23. The van der Waals surface area contributed by atoms with Crippen LogP contribution < -0.4 is 26.2 Å². The summed E-state index contributed by atoms with van der Waals surface area (Å²) in [5.41, 5.74) is 5.91. The predicted molar refractivity (Wildman–Crippen MR) is 127 cm³/mol. The quantitative estimate of drug-likeness (QED) is 0.282. The van der Waals surface area contributed by atoms with Crippen LogP contribution in [0.15, 0.2) is 65.5 Å². The Balaban J connectivity index is 1.85. The van der Waals surface area contributed by atoms with Crippen molar-refractivity contribution in [2.45, 2.75) is 6.04 Å². The number of aromatic amines is 1. The number of nitrogen functional groups attached to an aromatic ring is 1. The van der Waals surface area contributed by atoms with Crippen LogP contribution in [-0.2, 0) is 0 Å². The van der Waals surface area contributed by atoms with Gasteiger partial charge in [-0.3, -0.25) is 4.98 Å². The molecule has 1 unspecified atom stereocenters. The summed E-state index contributed by atoms with van der Waals surface area (Å²) in [6.45, 7) is 0. The van der Waals surface area contributed by atoms with Gasteiger partial charge in [0.15, 0.2) is 17.3 Å². The summed E-state index contributed by atoms with van der Waals surface area (Å²) in [6, 6.07) is 14.5. The van der Waals surface area contributed by atoms with E-state index in [4.69, 9.17) is 15.2 Å². The van der Waals surface area contributed by atoms with Gasteiger partial charge in [-0.1, -0.05) is 18.2 Å². The van der Waals surface area contributed by atoms with Crippen molar-refractivity contribution in [3.63, 3.8) is 0 Å². The van der Waals surface area contributed by atoms with Crippen molar-refractivity contribution in [1.82, 2.24) is 14.8 Å². The smallest absolute Gasteiger partial charge is 0.348 e. The van der Waals surface area contributed by atoms with Gasteiger partial charge in [0.05, 0.1) is 31.2 Å². The molecule has 0 aliphatic carbocycles. The standard InChI is InChI=1S/C24H22FN5O5/c1-34-19-10-7-13(11-20(19)35-2)21(27-14-8-9-17(26)16(25)12-14)22-28-24(33)30(29-22)18-6-4-3-5-15(18)23(31)32/h3-12,21,27H,26H2,1-2H3,(H,31,32)(H,28,29,33). The van der Waals surface area contributed by atoms with E-state index in [1.54, 1.807) is 36.4 Å². The molecule has 10 nitrogen and oxygen atoms in total. The first-order valence-electron chi connectivity index (χ1n) is 10.4. The van der Waals surface area contributed by atoms with Crippen LogP contribution in [-0.4, -0.2) is 40.1 Å². The van der Waals surface area contributed by atoms with E-state index in [0.29, 0.717) is 22.7 Å². The van der Waals surface area contributed by atoms with Crippen LogP contribution >= 0.6 is 0 Å². The Kier molecular flexibility index (Phi) is 6.40. The summed E-state index contributed by atoms with van der Waals surface area (Å²) in [5, 5.41) is 17.0. The Hall–Kier alpha value is -4.80. The Morgan fingerprint density at radius 2 is 1.86 bits per heavy atom. The molecule has 1 aromatic heterocycles. The molecule has 0 saturated heterocycles. The molecule has 5 N–H and O–H groups in total. The Labute approximate surface area is 198 Å². The summed E-state index contributed by atoms with van der Waals surface area (Å²) >= 11 is 0. The van der Waals surface area contributed by atoms with Crippen molar-refractivity contribution >= 4 is 17.3 Å². The normalized spacial score (nSPS) is 11.6. The first-order valence-corrected chi connectivity index (χ1v) is 10.4. The van der Waals surface area contributed by atoms with Gasteiger partial charge >= 0.3 is 11.7 Å². The Morgan fingerprint density at radius 3 is 2.54 bits per heavy atom. The molecule has 35 heavy (non-hydrogen) atoms. The van der Waals surface area contributed by atoms with E-state index in [0.717, 1.165) is 4.68 Å². The number of rotatable bonds is 8. The molecular weight excluding hydrogens is 457 g/mol. The van der Waals surface area contributed by atoms with Gasteiger partial charge in [-0.15, -0.1) is 5.10 Å². The summed E-state index contributed by atoms with van der Waals surface area (Å²) in [4.78, 5) is 27.2. The number of aromatic carboxylic acids is 1. The number of anilines is 2. The maximum absolute atomic E-state index is 14.1. The SMILES string of the molecule is COc1ccc(C(Nc2ccc(N)c(F)c2)c2nn(-c3ccccc3C(=O)O)c(=O)[nH]2)cc1OC. The molecule has 0 radical (unpaired) electrons. The van der Waals surface area contributed by atoms with E-state index in [2.05, 4.69) is 15.4 Å². The number of hydrogen-bond acceptors (Lipinski definition) is 7. The van der Waals surface area contributed by atoms with Crippen molar-refractivity contribution in [3.8, 4) is 17.2 Å². The average molecular weight is 479 g/mol. The van der Waals surface area contributed by atoms with Crippen LogP contribution in [0.5, 0.6) is 11.5 Å². The summed E-state index contributed by atoms with van der Waals surface area (Å²) < 4.78 is 25.8. The zero-order valence-corrected chi connectivity index (χ0v) is 18.8. The van der Waals surface area contributed by atoms with Gasteiger partial charge in [-0.05, 0) is 48.0 Å². The molecule has 4 aromatic rings. The summed E-state index contributed by atoms with van der Waals surface area (Å²) in [5.74, 6) is -0.750. The number of nitrogens with two attached hydrogens (primary N) is 1. The topological polar surface area (TPSA) is 144 Å². The second-order valence-corrected chi connectivity index (χ2v) is 7.48. The molecule has 11 heteroatoms. The second-order valence-electron chi connectivity index (χ2n) is 7.48. The van der Waals surface area contributed by atoms with Gasteiger partial charge in [0.1, 0.15) is 11.9 Å². The second kappa shape index (κ2) is 9.59. The van der Waals surface area contributed by atoms with Crippen LogP contribution in [0, 0.1) is 5.82 Å². The van der Waals surface area contributed by atoms with E-state index in [1.807, 2.05) is 0 Å². The Morgan fingerprint density at radius 1 is 1.11 bits per heavy atom. The molecule has 0 saturated carbocycles.